The third-order valence-electron chi connectivity index (χ3n) is 4.71. The molecule has 0 N–H and O–H groups in total. The van der Waals surface area contributed by atoms with E-state index < -0.39 is 18.2 Å². The second kappa shape index (κ2) is 8.57. The van der Waals surface area contributed by atoms with Crippen LogP contribution in [0.3, 0.4) is 0 Å². The molecule has 0 saturated heterocycles. The number of rotatable bonds is 5. The predicted octanol–water partition coefficient (Wildman–Crippen LogP) is 2.84. The number of carbonyl (C=O) groups is 2. The number of fused-ring (bicyclic) bond motifs is 1. The summed E-state index contributed by atoms with van der Waals surface area (Å²) in [6.07, 6.45) is -0.962. The first-order valence-electron chi connectivity index (χ1n) is 9.21. The molecule has 0 spiro atoms. The number of nitrogens with zero attached hydrogens (tertiary/aromatic N) is 2. The van der Waals surface area contributed by atoms with Crippen molar-refractivity contribution in [2.45, 2.75) is 39.0 Å². The maximum Gasteiger partial charge on any atom is 0.347 e. The van der Waals surface area contributed by atoms with Crippen LogP contribution in [0, 0.1) is 11.3 Å². The standard InChI is InChI=1S/C22H22N2O4/c1-15(21(25)24-12-11-18-5-3-4-6-19(18)14-24)28-22(26)16(2)27-20-9-7-17(13-23)8-10-20/h3-10,15-16H,11-12,14H2,1-2H3/t15-,16+/m1/s1. The summed E-state index contributed by atoms with van der Waals surface area (Å²) in [6, 6.07) is 16.5. The van der Waals surface area contributed by atoms with E-state index in [2.05, 4.69) is 6.07 Å². The Kier molecular flexibility index (Phi) is 5.95. The SMILES string of the molecule is C[C@H](Oc1ccc(C#N)cc1)C(=O)O[C@H](C)C(=O)N1CCc2ccccc2C1. The Hall–Kier alpha value is -3.33. The Morgan fingerprint density at radius 1 is 1.04 bits per heavy atom. The predicted molar refractivity (Wildman–Crippen MR) is 102 cm³/mol. The lowest BCUT2D eigenvalue weighted by Gasteiger charge is -2.30. The van der Waals surface area contributed by atoms with Gasteiger partial charge in [0.2, 0.25) is 0 Å². The molecule has 6 heteroatoms. The molecular weight excluding hydrogens is 356 g/mol. The molecule has 0 saturated carbocycles. The van der Waals surface area contributed by atoms with Crippen LogP contribution in [-0.2, 0) is 27.3 Å². The number of amides is 1. The number of nitriles is 1. The van der Waals surface area contributed by atoms with Gasteiger partial charge in [0.05, 0.1) is 11.6 Å². The molecule has 6 nitrogen and oxygen atoms in total. The van der Waals surface area contributed by atoms with Crippen molar-refractivity contribution in [2.75, 3.05) is 6.54 Å². The summed E-state index contributed by atoms with van der Waals surface area (Å²) in [7, 11) is 0. The summed E-state index contributed by atoms with van der Waals surface area (Å²) in [6.45, 7) is 4.27. The molecule has 0 aromatic heterocycles. The average molecular weight is 378 g/mol. The zero-order valence-electron chi connectivity index (χ0n) is 15.9. The Morgan fingerprint density at radius 3 is 2.39 bits per heavy atom. The minimum absolute atomic E-state index is 0.214. The molecule has 0 radical (unpaired) electrons. The molecular formula is C22H22N2O4. The van der Waals surface area contributed by atoms with Crippen LogP contribution in [0.25, 0.3) is 0 Å². The zero-order valence-corrected chi connectivity index (χ0v) is 15.9. The second-order valence-electron chi connectivity index (χ2n) is 6.75. The van der Waals surface area contributed by atoms with Crippen molar-refractivity contribution in [2.24, 2.45) is 0 Å². The fourth-order valence-corrected chi connectivity index (χ4v) is 3.12. The quantitative estimate of drug-likeness (QED) is 0.748. The normalized spacial score (nSPS) is 15.0. The maximum atomic E-state index is 12.7. The van der Waals surface area contributed by atoms with Crippen molar-refractivity contribution in [3.63, 3.8) is 0 Å². The third kappa shape index (κ3) is 4.49. The summed E-state index contributed by atoms with van der Waals surface area (Å²) in [4.78, 5) is 26.7. The van der Waals surface area contributed by atoms with Crippen molar-refractivity contribution in [1.82, 2.24) is 4.90 Å². The Balaban J connectivity index is 1.54. The Labute approximate surface area is 164 Å². The average Bonchev–Trinajstić information content (AvgIpc) is 2.73. The van der Waals surface area contributed by atoms with Gasteiger partial charge in [0.15, 0.2) is 12.2 Å². The molecule has 0 unspecified atom stereocenters. The highest BCUT2D eigenvalue weighted by atomic mass is 16.6. The fourth-order valence-electron chi connectivity index (χ4n) is 3.12. The van der Waals surface area contributed by atoms with Crippen LogP contribution in [0.4, 0.5) is 0 Å². The van der Waals surface area contributed by atoms with Crippen molar-refractivity contribution in [1.29, 1.82) is 5.26 Å². The first-order chi connectivity index (χ1) is 13.5. The monoisotopic (exact) mass is 378 g/mol. The highest BCUT2D eigenvalue weighted by molar-refractivity contribution is 5.84. The molecule has 1 aliphatic heterocycles. The Morgan fingerprint density at radius 2 is 1.71 bits per heavy atom. The van der Waals surface area contributed by atoms with E-state index in [0.29, 0.717) is 24.4 Å². The minimum Gasteiger partial charge on any atom is -0.479 e. The molecule has 2 aromatic carbocycles. The summed E-state index contributed by atoms with van der Waals surface area (Å²) >= 11 is 0. The van der Waals surface area contributed by atoms with E-state index in [1.54, 1.807) is 43.0 Å². The Bertz CT molecular complexity index is 901. The molecule has 0 bridgehead atoms. The van der Waals surface area contributed by atoms with E-state index in [-0.39, 0.29) is 5.91 Å². The van der Waals surface area contributed by atoms with E-state index >= 15 is 0 Å². The topological polar surface area (TPSA) is 79.6 Å². The van der Waals surface area contributed by atoms with Crippen LogP contribution in [0.5, 0.6) is 5.75 Å². The highest BCUT2D eigenvalue weighted by Crippen LogP contribution is 2.20. The van der Waals surface area contributed by atoms with Gasteiger partial charge in [-0.1, -0.05) is 24.3 Å². The maximum absolute atomic E-state index is 12.7. The summed E-state index contributed by atoms with van der Waals surface area (Å²) in [5.74, 6) is -0.369. The molecule has 1 aliphatic rings. The second-order valence-corrected chi connectivity index (χ2v) is 6.75. The molecule has 2 aromatic rings. The lowest BCUT2D eigenvalue weighted by molar-refractivity contribution is -0.164. The summed E-state index contributed by atoms with van der Waals surface area (Å²) < 4.78 is 10.9. The lowest BCUT2D eigenvalue weighted by atomic mass is 9.99. The highest BCUT2D eigenvalue weighted by Gasteiger charge is 2.28. The van der Waals surface area contributed by atoms with Crippen LogP contribution in [0.15, 0.2) is 48.5 Å². The largest absolute Gasteiger partial charge is 0.479 e. The van der Waals surface area contributed by atoms with Crippen LogP contribution in [0.2, 0.25) is 0 Å². The molecule has 0 fully saturated rings. The van der Waals surface area contributed by atoms with Gasteiger partial charge in [-0.05, 0) is 55.7 Å². The van der Waals surface area contributed by atoms with E-state index in [1.807, 2.05) is 24.3 Å². The molecule has 28 heavy (non-hydrogen) atoms. The van der Waals surface area contributed by atoms with Gasteiger partial charge in [-0.15, -0.1) is 0 Å². The number of benzene rings is 2. The molecule has 1 heterocycles. The molecule has 2 atom stereocenters. The van der Waals surface area contributed by atoms with Crippen molar-refractivity contribution >= 4 is 11.9 Å². The van der Waals surface area contributed by atoms with Gasteiger partial charge in [-0.2, -0.15) is 5.26 Å². The van der Waals surface area contributed by atoms with Crippen molar-refractivity contribution < 1.29 is 19.1 Å². The van der Waals surface area contributed by atoms with Crippen LogP contribution >= 0.6 is 0 Å². The van der Waals surface area contributed by atoms with Crippen LogP contribution in [-0.4, -0.2) is 35.5 Å². The van der Waals surface area contributed by atoms with Crippen molar-refractivity contribution in [3.05, 3.63) is 65.2 Å². The van der Waals surface area contributed by atoms with E-state index in [1.165, 1.54) is 5.56 Å². The van der Waals surface area contributed by atoms with Gasteiger partial charge >= 0.3 is 5.97 Å². The first-order valence-corrected chi connectivity index (χ1v) is 9.21. The number of esters is 1. The van der Waals surface area contributed by atoms with Gasteiger partial charge in [0.25, 0.3) is 5.91 Å². The van der Waals surface area contributed by atoms with Gasteiger partial charge in [-0.25, -0.2) is 4.79 Å². The number of carbonyl (C=O) groups excluding carboxylic acids is 2. The summed E-state index contributed by atoms with van der Waals surface area (Å²) in [5.41, 5.74) is 2.88. The van der Waals surface area contributed by atoms with Gasteiger partial charge in [0, 0.05) is 13.1 Å². The molecule has 0 aliphatic carbocycles. The third-order valence-corrected chi connectivity index (χ3v) is 4.71. The van der Waals surface area contributed by atoms with Gasteiger partial charge in [0.1, 0.15) is 5.75 Å². The van der Waals surface area contributed by atoms with Gasteiger partial charge in [-0.3, -0.25) is 4.79 Å². The minimum atomic E-state index is -0.884. The van der Waals surface area contributed by atoms with Gasteiger partial charge < -0.3 is 14.4 Å². The van der Waals surface area contributed by atoms with E-state index in [4.69, 9.17) is 14.7 Å². The van der Waals surface area contributed by atoms with Crippen molar-refractivity contribution in [3.8, 4) is 11.8 Å². The zero-order chi connectivity index (χ0) is 20.1. The summed E-state index contributed by atoms with van der Waals surface area (Å²) in [5, 5.41) is 8.81. The van der Waals surface area contributed by atoms with E-state index in [0.717, 1.165) is 12.0 Å². The molecule has 1 amide bonds. The lowest BCUT2D eigenvalue weighted by Crippen LogP contribution is -2.43. The fraction of sp³-hybridized carbons (Fsp3) is 0.318. The molecule has 144 valence electrons. The number of hydrogen-bond acceptors (Lipinski definition) is 5. The van der Waals surface area contributed by atoms with E-state index in [9.17, 15) is 9.59 Å². The molecule has 3 rings (SSSR count). The number of hydrogen-bond donors (Lipinski definition) is 0. The van der Waals surface area contributed by atoms with Crippen LogP contribution in [0.1, 0.15) is 30.5 Å². The smallest absolute Gasteiger partial charge is 0.347 e. The number of ether oxygens (including phenoxy) is 2. The van der Waals surface area contributed by atoms with Crippen LogP contribution < -0.4 is 4.74 Å². The first kappa shape index (κ1) is 19.4.